The fourth-order valence-corrected chi connectivity index (χ4v) is 6.30. The number of allylic oxidation sites excluding steroid dienone is 1. The summed E-state index contributed by atoms with van der Waals surface area (Å²) in [5.74, 6) is 0.262. The number of hydrogen-bond acceptors (Lipinski definition) is 6. The summed E-state index contributed by atoms with van der Waals surface area (Å²) < 4.78 is 36.1. The van der Waals surface area contributed by atoms with E-state index in [2.05, 4.69) is 15.6 Å². The molecule has 1 aliphatic heterocycles. The lowest BCUT2D eigenvalue weighted by atomic mass is 9.94. The van der Waals surface area contributed by atoms with Crippen molar-refractivity contribution in [1.29, 1.82) is 0 Å². The molecule has 0 saturated carbocycles. The Morgan fingerprint density at radius 1 is 1.00 bits per heavy atom. The van der Waals surface area contributed by atoms with Crippen LogP contribution in [0.25, 0.3) is 0 Å². The molecule has 1 amide bonds. The molecule has 1 aromatic heterocycles. The van der Waals surface area contributed by atoms with Gasteiger partial charge >= 0.3 is 0 Å². The minimum atomic E-state index is -0.646. The number of thioether (sulfide) groups is 1. The zero-order chi connectivity index (χ0) is 32.4. The Morgan fingerprint density at radius 3 is 2.50 bits per heavy atom. The molecule has 2 N–H and O–H groups in total. The quantitative estimate of drug-likeness (QED) is 0.155. The number of nitrogens with one attached hydrogen (secondary N) is 2. The number of aryl methyl sites for hydroxylation is 2. The van der Waals surface area contributed by atoms with Crippen LogP contribution in [-0.4, -0.2) is 20.7 Å². The maximum atomic E-state index is 14.3. The number of aromatic nitrogens is 3. The van der Waals surface area contributed by atoms with Crippen molar-refractivity contribution >= 4 is 40.9 Å². The monoisotopic (exact) mass is 657 g/mol. The normalized spacial score (nSPS) is 14.1. The Balaban J connectivity index is 1.31. The SMILES string of the molecule is CC1=C(C(=O)Nc2ccc(C)cc2C)C(c2ccc(OCc3c(F)cccc3Cl)cc2)n2nc(SCc3ccccc3F)nc2N1. The molecule has 7 nitrogen and oxygen atoms in total. The summed E-state index contributed by atoms with van der Waals surface area (Å²) in [6.45, 7) is 5.72. The first-order chi connectivity index (χ1) is 22.2. The first-order valence-electron chi connectivity index (χ1n) is 14.5. The number of nitrogens with zero attached hydrogens (tertiary/aromatic N) is 3. The zero-order valence-electron chi connectivity index (χ0n) is 25.3. The molecule has 2 heterocycles. The van der Waals surface area contributed by atoms with Crippen LogP contribution in [0.4, 0.5) is 20.4 Å². The topological polar surface area (TPSA) is 81.1 Å². The van der Waals surface area contributed by atoms with Crippen LogP contribution >= 0.6 is 23.4 Å². The van der Waals surface area contributed by atoms with Crippen LogP contribution in [0, 0.1) is 25.5 Å². The number of benzene rings is 4. The van der Waals surface area contributed by atoms with Gasteiger partial charge in [0.2, 0.25) is 11.1 Å². The Morgan fingerprint density at radius 2 is 1.76 bits per heavy atom. The van der Waals surface area contributed by atoms with E-state index >= 15 is 0 Å². The summed E-state index contributed by atoms with van der Waals surface area (Å²) in [6, 6.07) is 23.5. The van der Waals surface area contributed by atoms with Crippen LogP contribution < -0.4 is 15.4 Å². The molecule has 6 rings (SSSR count). The van der Waals surface area contributed by atoms with Gasteiger partial charge in [-0.2, -0.15) is 4.98 Å². The molecule has 46 heavy (non-hydrogen) atoms. The van der Waals surface area contributed by atoms with Gasteiger partial charge in [-0.15, -0.1) is 5.10 Å². The van der Waals surface area contributed by atoms with Gasteiger partial charge in [0.05, 0.1) is 10.6 Å². The summed E-state index contributed by atoms with van der Waals surface area (Å²) in [7, 11) is 0. The third-order valence-corrected chi connectivity index (χ3v) is 8.90. The Hall–Kier alpha value is -4.67. The molecular weight excluding hydrogens is 628 g/mol. The third kappa shape index (κ3) is 6.63. The second-order valence-electron chi connectivity index (χ2n) is 10.9. The molecule has 1 aliphatic rings. The second kappa shape index (κ2) is 13.4. The van der Waals surface area contributed by atoms with Crippen LogP contribution in [-0.2, 0) is 17.2 Å². The molecule has 1 unspecified atom stereocenters. The lowest BCUT2D eigenvalue weighted by Gasteiger charge is -2.29. The number of halogens is 3. The summed E-state index contributed by atoms with van der Waals surface area (Å²) in [5, 5.41) is 11.8. The minimum Gasteiger partial charge on any atom is -0.489 e. The average molecular weight is 658 g/mol. The number of rotatable bonds is 9. The lowest BCUT2D eigenvalue weighted by molar-refractivity contribution is -0.113. The van der Waals surface area contributed by atoms with E-state index in [-0.39, 0.29) is 28.9 Å². The maximum Gasteiger partial charge on any atom is 0.255 e. The molecule has 0 fully saturated rings. The van der Waals surface area contributed by atoms with Crippen LogP contribution in [0.2, 0.25) is 5.02 Å². The predicted molar refractivity (Wildman–Crippen MR) is 177 cm³/mol. The van der Waals surface area contributed by atoms with Crippen LogP contribution in [0.15, 0.2) is 101 Å². The molecule has 0 radical (unpaired) electrons. The Labute approximate surface area is 274 Å². The maximum absolute atomic E-state index is 14.3. The Kier molecular flexibility index (Phi) is 9.10. The van der Waals surface area contributed by atoms with E-state index < -0.39 is 11.9 Å². The summed E-state index contributed by atoms with van der Waals surface area (Å²) in [5.41, 5.74) is 5.37. The van der Waals surface area contributed by atoms with Crippen molar-refractivity contribution < 1.29 is 18.3 Å². The molecule has 0 saturated heterocycles. The molecule has 4 aromatic carbocycles. The molecular formula is C35H30ClF2N5O2S. The van der Waals surface area contributed by atoms with E-state index in [0.29, 0.717) is 45.1 Å². The van der Waals surface area contributed by atoms with Crippen LogP contribution in [0.3, 0.4) is 0 Å². The number of anilines is 2. The van der Waals surface area contributed by atoms with Crippen molar-refractivity contribution in [2.45, 2.75) is 44.3 Å². The van der Waals surface area contributed by atoms with E-state index in [1.54, 1.807) is 47.1 Å². The summed E-state index contributed by atoms with van der Waals surface area (Å²) in [4.78, 5) is 18.6. The molecule has 1 atom stereocenters. The number of amides is 1. The van der Waals surface area contributed by atoms with E-state index in [4.69, 9.17) is 21.4 Å². The first-order valence-corrected chi connectivity index (χ1v) is 15.9. The van der Waals surface area contributed by atoms with Gasteiger partial charge in [-0.3, -0.25) is 4.79 Å². The molecule has 234 valence electrons. The van der Waals surface area contributed by atoms with Crippen LogP contribution in [0.5, 0.6) is 5.75 Å². The smallest absolute Gasteiger partial charge is 0.255 e. The standard InChI is InChI=1S/C35H30ClF2N5O2S/c1-20-11-16-30(21(2)17-20)40-33(44)31-22(3)39-34-41-35(46-19-24-7-4-5-9-28(24)37)42-43(34)32(31)23-12-14-25(15-13-23)45-18-26-27(36)8-6-10-29(26)38/h4-17,32H,18-19H2,1-3H3,(H,40,44)(H,39,41,42). The highest BCUT2D eigenvalue weighted by Gasteiger charge is 2.34. The van der Waals surface area contributed by atoms with Crippen molar-refractivity contribution in [2.75, 3.05) is 10.6 Å². The first kappa shape index (κ1) is 31.3. The van der Waals surface area contributed by atoms with Crippen molar-refractivity contribution in [3.63, 3.8) is 0 Å². The van der Waals surface area contributed by atoms with Gasteiger partial charge in [0.1, 0.15) is 30.0 Å². The van der Waals surface area contributed by atoms with Gasteiger partial charge in [0.25, 0.3) is 5.91 Å². The van der Waals surface area contributed by atoms with Gasteiger partial charge < -0.3 is 15.4 Å². The van der Waals surface area contributed by atoms with E-state index in [1.807, 2.05) is 51.1 Å². The fourth-order valence-electron chi connectivity index (χ4n) is 5.27. The van der Waals surface area contributed by atoms with Crippen molar-refractivity contribution in [3.05, 3.63) is 141 Å². The van der Waals surface area contributed by atoms with Crippen molar-refractivity contribution in [3.8, 4) is 5.75 Å². The van der Waals surface area contributed by atoms with Crippen LogP contribution in [0.1, 0.15) is 40.8 Å². The molecule has 0 bridgehead atoms. The van der Waals surface area contributed by atoms with Gasteiger partial charge in [-0.1, -0.05) is 77.5 Å². The van der Waals surface area contributed by atoms with Gasteiger partial charge in [-0.25, -0.2) is 13.5 Å². The summed E-state index contributed by atoms with van der Waals surface area (Å²) >= 11 is 7.47. The van der Waals surface area contributed by atoms with E-state index in [0.717, 1.165) is 16.7 Å². The van der Waals surface area contributed by atoms with E-state index in [1.165, 1.54) is 23.9 Å². The zero-order valence-corrected chi connectivity index (χ0v) is 26.8. The minimum absolute atomic E-state index is 0.0451. The highest BCUT2D eigenvalue weighted by atomic mass is 35.5. The van der Waals surface area contributed by atoms with Crippen molar-refractivity contribution in [1.82, 2.24) is 14.8 Å². The highest BCUT2D eigenvalue weighted by molar-refractivity contribution is 7.98. The number of hydrogen-bond donors (Lipinski definition) is 2. The number of carbonyl (C=O) groups is 1. The molecule has 5 aromatic rings. The number of fused-ring (bicyclic) bond motifs is 1. The predicted octanol–water partition coefficient (Wildman–Crippen LogP) is 8.63. The number of carbonyl (C=O) groups excluding carboxylic acids is 1. The molecule has 0 aliphatic carbocycles. The van der Waals surface area contributed by atoms with Gasteiger partial charge in [0, 0.05) is 22.7 Å². The van der Waals surface area contributed by atoms with E-state index in [9.17, 15) is 13.6 Å². The Bertz CT molecular complexity index is 1940. The highest BCUT2D eigenvalue weighted by Crippen LogP contribution is 2.38. The molecule has 11 heteroatoms. The molecule has 0 spiro atoms. The summed E-state index contributed by atoms with van der Waals surface area (Å²) in [6.07, 6.45) is 0. The average Bonchev–Trinajstić information content (AvgIpc) is 3.43. The lowest BCUT2D eigenvalue weighted by Crippen LogP contribution is -2.31. The van der Waals surface area contributed by atoms with Gasteiger partial charge in [-0.05, 0) is 73.9 Å². The van der Waals surface area contributed by atoms with Gasteiger partial charge in [0.15, 0.2) is 0 Å². The number of ether oxygens (including phenoxy) is 1. The largest absolute Gasteiger partial charge is 0.489 e. The third-order valence-electron chi connectivity index (χ3n) is 7.66. The van der Waals surface area contributed by atoms with Crippen molar-refractivity contribution in [2.24, 2.45) is 0 Å². The second-order valence-corrected chi connectivity index (χ2v) is 12.3. The fraction of sp³-hybridized carbons (Fsp3) is 0.171.